The van der Waals surface area contributed by atoms with Gasteiger partial charge in [0.25, 0.3) is 0 Å². The molecule has 0 saturated carbocycles. The molecule has 1 heterocycles. The third-order valence-corrected chi connectivity index (χ3v) is 2.81. The minimum atomic E-state index is -4.22. The van der Waals surface area contributed by atoms with Crippen LogP contribution in [-0.2, 0) is 11.3 Å². The molecule has 0 aromatic carbocycles. The summed E-state index contributed by atoms with van der Waals surface area (Å²) in [5.41, 5.74) is 0.929. The topological polar surface area (TPSA) is 37.4 Å². The molecule has 0 aliphatic rings. The molecule has 21 heavy (non-hydrogen) atoms. The highest BCUT2D eigenvalue weighted by Crippen LogP contribution is 2.21. The van der Waals surface area contributed by atoms with Crippen molar-refractivity contribution >= 4 is 5.82 Å². The summed E-state index contributed by atoms with van der Waals surface area (Å²) in [5.74, 6) is 0.356. The molecule has 1 N–H and O–H groups in total. The number of rotatable bonds is 9. The van der Waals surface area contributed by atoms with Crippen molar-refractivity contribution in [2.75, 3.05) is 38.3 Å². The summed E-state index contributed by atoms with van der Waals surface area (Å²) in [6, 6.07) is 3.43. The van der Waals surface area contributed by atoms with Crippen LogP contribution in [0.1, 0.15) is 18.9 Å². The number of hydrogen-bond acceptors (Lipinski definition) is 4. The van der Waals surface area contributed by atoms with E-state index in [9.17, 15) is 13.2 Å². The summed E-state index contributed by atoms with van der Waals surface area (Å²) < 4.78 is 42.5. The van der Waals surface area contributed by atoms with Crippen LogP contribution < -0.4 is 10.2 Å². The van der Waals surface area contributed by atoms with Gasteiger partial charge in [-0.2, -0.15) is 13.2 Å². The first-order chi connectivity index (χ1) is 9.96. The fourth-order valence-electron chi connectivity index (χ4n) is 1.88. The van der Waals surface area contributed by atoms with E-state index in [0.29, 0.717) is 38.5 Å². The summed E-state index contributed by atoms with van der Waals surface area (Å²) in [6.45, 7) is 3.15. The quantitative estimate of drug-likeness (QED) is 0.712. The van der Waals surface area contributed by atoms with Crippen LogP contribution in [0.5, 0.6) is 0 Å². The Morgan fingerprint density at radius 2 is 2.10 bits per heavy atom. The average molecular weight is 305 g/mol. The molecular formula is C14H22F3N3O. The molecular weight excluding hydrogens is 283 g/mol. The summed E-state index contributed by atoms with van der Waals surface area (Å²) in [6.07, 6.45) is -1.98. The monoisotopic (exact) mass is 305 g/mol. The lowest BCUT2D eigenvalue weighted by atomic mass is 10.2. The number of alkyl halides is 3. The number of pyridine rings is 1. The Morgan fingerprint density at radius 3 is 2.62 bits per heavy atom. The van der Waals surface area contributed by atoms with Gasteiger partial charge in [0.15, 0.2) is 0 Å². The van der Waals surface area contributed by atoms with Crippen LogP contribution in [0, 0.1) is 0 Å². The Kier molecular flexibility index (Phi) is 7.45. The van der Waals surface area contributed by atoms with Crippen molar-refractivity contribution in [1.82, 2.24) is 10.3 Å². The van der Waals surface area contributed by atoms with E-state index in [-0.39, 0.29) is 0 Å². The van der Waals surface area contributed by atoms with E-state index in [1.54, 1.807) is 25.4 Å². The van der Waals surface area contributed by atoms with Crippen LogP contribution >= 0.6 is 0 Å². The average Bonchev–Trinajstić information content (AvgIpc) is 2.42. The van der Waals surface area contributed by atoms with E-state index >= 15 is 0 Å². The van der Waals surface area contributed by atoms with Crippen molar-refractivity contribution in [1.29, 1.82) is 0 Å². The fourth-order valence-corrected chi connectivity index (χ4v) is 1.88. The molecule has 0 bridgehead atoms. The van der Waals surface area contributed by atoms with E-state index in [1.807, 2.05) is 6.92 Å². The highest BCUT2D eigenvalue weighted by Gasteiger charge is 2.31. The molecule has 0 atom stereocenters. The zero-order valence-corrected chi connectivity index (χ0v) is 12.4. The van der Waals surface area contributed by atoms with Crippen LogP contribution in [0.4, 0.5) is 19.0 Å². The van der Waals surface area contributed by atoms with Gasteiger partial charge in [0, 0.05) is 32.9 Å². The second-order valence-electron chi connectivity index (χ2n) is 4.73. The molecule has 0 aliphatic carbocycles. The Labute approximate surface area is 123 Å². The molecule has 120 valence electrons. The van der Waals surface area contributed by atoms with E-state index in [1.165, 1.54) is 4.90 Å². The lowest BCUT2D eigenvalue weighted by molar-refractivity contribution is -0.119. The van der Waals surface area contributed by atoms with Crippen LogP contribution in [-0.4, -0.2) is 44.5 Å². The Morgan fingerprint density at radius 1 is 1.33 bits per heavy atom. The first kappa shape index (κ1) is 17.7. The molecule has 0 amide bonds. The molecule has 7 heteroatoms. The van der Waals surface area contributed by atoms with E-state index < -0.39 is 12.7 Å². The van der Waals surface area contributed by atoms with E-state index in [4.69, 9.17) is 4.74 Å². The molecule has 1 aromatic rings. The minimum absolute atomic E-state index is 0.331. The van der Waals surface area contributed by atoms with Crippen molar-refractivity contribution in [3.05, 3.63) is 23.9 Å². The smallest absolute Gasteiger partial charge is 0.383 e. The Hall–Kier alpha value is -1.34. The summed E-state index contributed by atoms with van der Waals surface area (Å²) >= 11 is 0. The van der Waals surface area contributed by atoms with Gasteiger partial charge in [-0.3, -0.25) is 0 Å². The van der Waals surface area contributed by atoms with Gasteiger partial charge in [0.05, 0.1) is 6.61 Å². The van der Waals surface area contributed by atoms with Gasteiger partial charge in [-0.25, -0.2) is 4.98 Å². The highest BCUT2D eigenvalue weighted by atomic mass is 19.4. The minimum Gasteiger partial charge on any atom is -0.383 e. The number of ether oxygens (including phenoxy) is 1. The van der Waals surface area contributed by atoms with E-state index in [2.05, 4.69) is 10.3 Å². The zero-order chi connectivity index (χ0) is 15.7. The third-order valence-electron chi connectivity index (χ3n) is 2.81. The first-order valence-corrected chi connectivity index (χ1v) is 6.92. The third kappa shape index (κ3) is 7.29. The van der Waals surface area contributed by atoms with Gasteiger partial charge in [-0.15, -0.1) is 0 Å². The van der Waals surface area contributed by atoms with Crippen LogP contribution in [0.3, 0.4) is 0 Å². The van der Waals surface area contributed by atoms with Gasteiger partial charge in [-0.05, 0) is 18.1 Å². The van der Waals surface area contributed by atoms with Gasteiger partial charge in [-0.1, -0.05) is 13.0 Å². The number of halogens is 3. The highest BCUT2D eigenvalue weighted by molar-refractivity contribution is 5.39. The van der Waals surface area contributed by atoms with Gasteiger partial charge < -0.3 is 15.0 Å². The molecule has 1 rings (SSSR count). The Balaban J connectivity index is 2.60. The molecule has 1 aromatic heterocycles. The first-order valence-electron chi connectivity index (χ1n) is 6.92. The summed E-state index contributed by atoms with van der Waals surface area (Å²) in [5, 5.41) is 3.16. The van der Waals surface area contributed by atoms with E-state index in [0.717, 1.165) is 5.56 Å². The molecule has 0 fully saturated rings. The van der Waals surface area contributed by atoms with Crippen LogP contribution in [0.25, 0.3) is 0 Å². The lowest BCUT2D eigenvalue weighted by Crippen LogP contribution is -2.35. The van der Waals surface area contributed by atoms with Crippen LogP contribution in [0.15, 0.2) is 18.3 Å². The van der Waals surface area contributed by atoms with Crippen molar-refractivity contribution in [3.63, 3.8) is 0 Å². The number of nitrogens with one attached hydrogen (secondary N) is 1. The summed E-state index contributed by atoms with van der Waals surface area (Å²) in [7, 11) is 1.63. The lowest BCUT2D eigenvalue weighted by Gasteiger charge is -2.24. The van der Waals surface area contributed by atoms with Gasteiger partial charge in [0.1, 0.15) is 12.4 Å². The van der Waals surface area contributed by atoms with Crippen LogP contribution in [0.2, 0.25) is 0 Å². The van der Waals surface area contributed by atoms with Gasteiger partial charge in [0.2, 0.25) is 0 Å². The molecule has 0 unspecified atom stereocenters. The standard InChI is InChI=1S/C14H22F3N3O/c1-3-7-20(11-14(15,16)17)13-5-4-12(10-19-13)9-18-6-8-21-2/h4-5,10,18H,3,6-9,11H2,1-2H3. The maximum absolute atomic E-state index is 12.5. The van der Waals surface area contributed by atoms with Crippen molar-refractivity contribution in [2.24, 2.45) is 0 Å². The second-order valence-corrected chi connectivity index (χ2v) is 4.73. The normalized spacial score (nSPS) is 11.7. The predicted molar refractivity (Wildman–Crippen MR) is 76.4 cm³/mol. The van der Waals surface area contributed by atoms with Gasteiger partial charge >= 0.3 is 6.18 Å². The fraction of sp³-hybridized carbons (Fsp3) is 0.643. The maximum Gasteiger partial charge on any atom is 0.405 e. The second kappa shape index (κ2) is 8.84. The Bertz CT molecular complexity index is 395. The largest absolute Gasteiger partial charge is 0.405 e. The maximum atomic E-state index is 12.5. The molecule has 4 nitrogen and oxygen atoms in total. The number of nitrogens with zero attached hydrogens (tertiary/aromatic N) is 2. The molecule has 0 radical (unpaired) electrons. The number of aromatic nitrogens is 1. The summed E-state index contributed by atoms with van der Waals surface area (Å²) in [4.78, 5) is 5.39. The number of anilines is 1. The van der Waals surface area contributed by atoms with Crippen molar-refractivity contribution < 1.29 is 17.9 Å². The predicted octanol–water partition coefficient (Wildman–Crippen LogP) is 2.60. The van der Waals surface area contributed by atoms with Crippen molar-refractivity contribution in [3.8, 4) is 0 Å². The SMILES string of the molecule is CCCN(CC(F)(F)F)c1ccc(CNCCOC)cn1. The number of hydrogen-bond donors (Lipinski definition) is 1. The molecule has 0 spiro atoms. The number of methoxy groups -OCH3 is 1. The van der Waals surface area contributed by atoms with Crippen molar-refractivity contribution in [2.45, 2.75) is 26.1 Å². The molecule has 0 aliphatic heterocycles. The zero-order valence-electron chi connectivity index (χ0n) is 12.4. The molecule has 0 saturated heterocycles.